The lowest BCUT2D eigenvalue weighted by molar-refractivity contribution is -0.137. The third-order valence-electron chi connectivity index (χ3n) is 7.13. The number of nitrogens with zero attached hydrogens (tertiary/aromatic N) is 3. The van der Waals surface area contributed by atoms with Gasteiger partial charge >= 0.3 is 6.18 Å². The van der Waals surface area contributed by atoms with Crippen molar-refractivity contribution in [3.05, 3.63) is 83.2 Å². The van der Waals surface area contributed by atoms with Gasteiger partial charge in [-0.15, -0.1) is 0 Å². The van der Waals surface area contributed by atoms with E-state index in [-0.39, 0.29) is 17.5 Å². The molecule has 2 aromatic carbocycles. The Hall–Kier alpha value is -3.30. The number of nitrogens with one attached hydrogen (secondary N) is 2. The monoisotopic (exact) mass is 573 g/mol. The van der Waals surface area contributed by atoms with E-state index in [9.17, 15) is 18.0 Å². The molecule has 2 aliphatic heterocycles. The summed E-state index contributed by atoms with van der Waals surface area (Å²) in [6, 6.07) is 10.6. The number of benzene rings is 2. The van der Waals surface area contributed by atoms with Crippen LogP contribution in [0.2, 0.25) is 0 Å². The van der Waals surface area contributed by atoms with Gasteiger partial charge in [0.1, 0.15) is 11.0 Å². The van der Waals surface area contributed by atoms with Crippen LogP contribution < -0.4 is 15.5 Å². The number of allylic oxidation sites excluding steroid dienone is 3. The molecular formula is C30H35ClF3N5O. The number of amides is 1. The van der Waals surface area contributed by atoms with Gasteiger partial charge in [-0.1, -0.05) is 43.7 Å². The first-order valence-electron chi connectivity index (χ1n) is 13.5. The van der Waals surface area contributed by atoms with E-state index in [4.69, 9.17) is 11.6 Å². The first-order chi connectivity index (χ1) is 19.0. The highest BCUT2D eigenvalue weighted by Crippen LogP contribution is 2.34. The van der Waals surface area contributed by atoms with Crippen LogP contribution >= 0.6 is 11.6 Å². The molecule has 0 saturated carbocycles. The van der Waals surface area contributed by atoms with Crippen molar-refractivity contribution in [2.75, 3.05) is 42.9 Å². The molecule has 10 heteroatoms. The van der Waals surface area contributed by atoms with E-state index < -0.39 is 17.6 Å². The zero-order chi connectivity index (χ0) is 28.9. The van der Waals surface area contributed by atoms with Crippen molar-refractivity contribution in [3.8, 4) is 0 Å². The molecule has 1 amide bonds. The van der Waals surface area contributed by atoms with Gasteiger partial charge in [0.2, 0.25) is 0 Å². The second-order valence-corrected chi connectivity index (χ2v) is 10.6. The van der Waals surface area contributed by atoms with Gasteiger partial charge < -0.3 is 20.4 Å². The van der Waals surface area contributed by atoms with E-state index in [1.807, 2.05) is 30.0 Å². The first kappa shape index (κ1) is 29.7. The summed E-state index contributed by atoms with van der Waals surface area (Å²) >= 11 is 6.18. The fourth-order valence-electron chi connectivity index (χ4n) is 4.79. The van der Waals surface area contributed by atoms with E-state index in [1.165, 1.54) is 0 Å². The molecule has 4 rings (SSSR count). The highest BCUT2D eigenvalue weighted by atomic mass is 35.5. The van der Waals surface area contributed by atoms with Gasteiger partial charge in [-0.3, -0.25) is 4.79 Å². The second kappa shape index (κ2) is 12.9. The third-order valence-corrected chi connectivity index (χ3v) is 7.34. The predicted molar refractivity (Wildman–Crippen MR) is 156 cm³/mol. The maximum Gasteiger partial charge on any atom is 0.416 e. The van der Waals surface area contributed by atoms with Crippen LogP contribution in [0, 0.1) is 5.92 Å². The molecule has 0 aromatic heterocycles. The number of aliphatic imine (C=N–C) groups is 1. The summed E-state index contributed by atoms with van der Waals surface area (Å²) in [5.74, 6) is 0.329. The van der Waals surface area contributed by atoms with E-state index in [1.54, 1.807) is 30.3 Å². The molecule has 1 saturated heterocycles. The Labute approximate surface area is 238 Å². The Bertz CT molecular complexity index is 1300. The Morgan fingerprint density at radius 2 is 1.90 bits per heavy atom. The van der Waals surface area contributed by atoms with Crippen molar-refractivity contribution < 1.29 is 18.0 Å². The molecule has 2 heterocycles. The van der Waals surface area contributed by atoms with Gasteiger partial charge in [0.05, 0.1) is 11.6 Å². The number of alkyl halides is 3. The zero-order valence-corrected chi connectivity index (χ0v) is 23.7. The number of anilines is 2. The fraction of sp³-hybridized carbons (Fsp3) is 0.400. The summed E-state index contributed by atoms with van der Waals surface area (Å²) in [4.78, 5) is 21.8. The van der Waals surface area contributed by atoms with Gasteiger partial charge in [-0.25, -0.2) is 4.99 Å². The maximum absolute atomic E-state index is 13.8. The van der Waals surface area contributed by atoms with Crippen molar-refractivity contribution in [3.63, 3.8) is 0 Å². The number of likely N-dealkylation sites (N-methyl/N-ethyl adjacent to an activating group) is 1. The number of hydrogen-bond acceptors (Lipinski definition) is 5. The lowest BCUT2D eigenvalue weighted by Gasteiger charge is -2.36. The van der Waals surface area contributed by atoms with E-state index >= 15 is 0 Å². The van der Waals surface area contributed by atoms with Gasteiger partial charge in [-0.2, -0.15) is 13.2 Å². The van der Waals surface area contributed by atoms with Crippen molar-refractivity contribution in [1.29, 1.82) is 0 Å². The SMILES string of the molecule is CCN1CCN(c2cc(C(=O)Nc3cccc([C@H](C)NC4=C/C(C)C/C=C/C(Cl)=N\4)c3)cc(C(F)(F)F)c2)CC1. The lowest BCUT2D eigenvalue weighted by Crippen LogP contribution is -2.46. The van der Waals surface area contributed by atoms with Crippen molar-refractivity contribution in [2.45, 2.75) is 39.4 Å². The summed E-state index contributed by atoms with van der Waals surface area (Å²) in [5.41, 5.74) is 0.878. The first-order valence-corrected chi connectivity index (χ1v) is 13.9. The van der Waals surface area contributed by atoms with Gasteiger partial charge in [0, 0.05) is 43.1 Å². The van der Waals surface area contributed by atoms with Crippen molar-refractivity contribution in [1.82, 2.24) is 10.2 Å². The highest BCUT2D eigenvalue weighted by molar-refractivity contribution is 6.68. The maximum atomic E-state index is 13.8. The number of carbonyl (C=O) groups is 1. The normalized spacial score (nSPS) is 22.7. The molecule has 0 spiro atoms. The van der Waals surface area contributed by atoms with Crippen LogP contribution in [-0.2, 0) is 6.18 Å². The number of rotatable bonds is 7. The number of halogens is 4. The Morgan fingerprint density at radius 1 is 1.15 bits per heavy atom. The molecule has 2 atom stereocenters. The summed E-state index contributed by atoms with van der Waals surface area (Å²) in [6.45, 7) is 9.73. The zero-order valence-electron chi connectivity index (χ0n) is 22.9. The van der Waals surface area contributed by atoms with Gasteiger partial charge in [0.25, 0.3) is 5.91 Å². The lowest BCUT2D eigenvalue weighted by atomic mass is 10.0. The molecule has 2 N–H and O–H groups in total. The minimum Gasteiger partial charge on any atom is -0.369 e. The summed E-state index contributed by atoms with van der Waals surface area (Å²) in [6.07, 6.45) is 2.05. The Morgan fingerprint density at radius 3 is 2.60 bits per heavy atom. The second-order valence-electron chi connectivity index (χ2n) is 10.2. The summed E-state index contributed by atoms with van der Waals surface area (Å²) < 4.78 is 41.3. The predicted octanol–water partition coefficient (Wildman–Crippen LogP) is 6.82. The number of piperazine rings is 1. The van der Waals surface area contributed by atoms with Crippen LogP contribution in [0.3, 0.4) is 0 Å². The van der Waals surface area contributed by atoms with Gasteiger partial charge in [0.15, 0.2) is 0 Å². The number of carbonyl (C=O) groups excluding carboxylic acids is 1. The molecule has 2 aliphatic rings. The van der Waals surface area contributed by atoms with Crippen LogP contribution in [0.15, 0.2) is 71.5 Å². The van der Waals surface area contributed by atoms with Crippen LogP contribution in [0.4, 0.5) is 24.5 Å². The largest absolute Gasteiger partial charge is 0.416 e. The summed E-state index contributed by atoms with van der Waals surface area (Å²) in [5, 5.41) is 6.52. The van der Waals surface area contributed by atoms with Crippen LogP contribution in [0.1, 0.15) is 54.7 Å². The van der Waals surface area contributed by atoms with E-state index in [0.29, 0.717) is 35.5 Å². The molecule has 214 valence electrons. The molecule has 0 aliphatic carbocycles. The van der Waals surface area contributed by atoms with Gasteiger partial charge in [-0.05, 0) is 73.9 Å². The van der Waals surface area contributed by atoms with Crippen LogP contribution in [0.5, 0.6) is 0 Å². The quantitative estimate of drug-likeness (QED) is 0.381. The Balaban J connectivity index is 1.52. The fourth-order valence-corrected chi connectivity index (χ4v) is 4.97. The number of hydrogen-bond donors (Lipinski definition) is 2. The summed E-state index contributed by atoms with van der Waals surface area (Å²) in [7, 11) is 0. The molecule has 2 aromatic rings. The molecule has 0 bridgehead atoms. The Kier molecular flexibility index (Phi) is 9.58. The standard InChI is InChI=1S/C30H35ClF3N5O/c1-4-38-11-13-39(14-12-38)26-18-23(16-24(19-26)30(32,33)34)29(40)36-25-9-6-8-22(17-25)21(3)35-28-15-20(2)7-5-10-27(31)37-28/h5-6,8-10,15-21,35H,4,7,11-14H2,1-3H3,(H,36,40)/b10-5+,28-15-,37-27+/t20?,21-/m0/s1. The van der Waals surface area contributed by atoms with Crippen molar-refractivity contribution in [2.24, 2.45) is 10.9 Å². The molecular weight excluding hydrogens is 539 g/mol. The van der Waals surface area contributed by atoms with Crippen molar-refractivity contribution >= 4 is 34.1 Å². The molecule has 0 radical (unpaired) electrons. The smallest absolute Gasteiger partial charge is 0.369 e. The average molecular weight is 574 g/mol. The molecule has 6 nitrogen and oxygen atoms in total. The highest BCUT2D eigenvalue weighted by Gasteiger charge is 2.33. The minimum atomic E-state index is -4.57. The average Bonchev–Trinajstić information content (AvgIpc) is 2.91. The minimum absolute atomic E-state index is 0.0370. The molecule has 1 fully saturated rings. The third kappa shape index (κ3) is 7.88. The molecule has 1 unspecified atom stereocenters. The topological polar surface area (TPSA) is 60.0 Å². The molecule has 40 heavy (non-hydrogen) atoms. The van der Waals surface area contributed by atoms with Crippen LogP contribution in [0.25, 0.3) is 0 Å². The van der Waals surface area contributed by atoms with E-state index in [0.717, 1.165) is 43.8 Å². The van der Waals surface area contributed by atoms with Crippen LogP contribution in [-0.4, -0.2) is 48.7 Å². The van der Waals surface area contributed by atoms with E-state index in [2.05, 4.69) is 34.4 Å².